The Morgan fingerprint density at radius 2 is 0.824 bits per heavy atom. The first-order chi connectivity index (χ1) is 7.11. The molecule has 0 spiro atoms. The van der Waals surface area contributed by atoms with Crippen molar-refractivity contribution in [2.45, 2.75) is 79.6 Å². The smallest absolute Gasteiger partial charge is 0.852 e. The Labute approximate surface area is 124 Å². The summed E-state index contributed by atoms with van der Waals surface area (Å²) in [5.41, 5.74) is 0. The van der Waals surface area contributed by atoms with Crippen molar-refractivity contribution < 1.29 is 37.0 Å². The molecule has 0 amide bonds. The van der Waals surface area contributed by atoms with Crippen LogP contribution in [-0.2, 0) is 21.7 Å². The number of hydrogen-bond donors (Lipinski definition) is 0. The van der Waals surface area contributed by atoms with Gasteiger partial charge in [-0.3, -0.25) is 0 Å². The van der Waals surface area contributed by atoms with E-state index >= 15 is 0 Å². The summed E-state index contributed by atoms with van der Waals surface area (Å²) in [6.45, 7) is 15.4. The van der Waals surface area contributed by atoms with Crippen molar-refractivity contribution in [3.63, 3.8) is 0 Å². The molecule has 0 saturated carbocycles. The van der Waals surface area contributed by atoms with Crippen molar-refractivity contribution >= 4 is 0 Å². The fraction of sp³-hybridized carbons (Fsp3) is 0.923. The van der Waals surface area contributed by atoms with Gasteiger partial charge in [0, 0.05) is 0 Å². The van der Waals surface area contributed by atoms with Gasteiger partial charge in [-0.1, -0.05) is 54.9 Å². The fourth-order valence-electron chi connectivity index (χ4n) is 0. The van der Waals surface area contributed by atoms with E-state index in [1.807, 2.05) is 0 Å². The Balaban J connectivity index is -0.0000000369. The van der Waals surface area contributed by atoms with E-state index in [2.05, 4.69) is 13.8 Å². The van der Waals surface area contributed by atoms with Gasteiger partial charge in [-0.25, -0.2) is 0 Å². The average molecular weight is 282 g/mol. The molecule has 0 heterocycles. The van der Waals surface area contributed by atoms with Crippen molar-refractivity contribution in [2.24, 2.45) is 0 Å². The summed E-state index contributed by atoms with van der Waals surface area (Å²) in [6, 6.07) is 0. The molecule has 17 heavy (non-hydrogen) atoms. The van der Waals surface area contributed by atoms with Crippen LogP contribution >= 0.6 is 0 Å². The second-order valence-electron chi connectivity index (χ2n) is 4.00. The minimum atomic E-state index is -0.417. The van der Waals surface area contributed by atoms with Crippen molar-refractivity contribution in [3.05, 3.63) is 6.92 Å². The largest absolute Gasteiger partial charge is 4.00 e. The van der Waals surface area contributed by atoms with Gasteiger partial charge in [-0.05, 0) is 0 Å². The van der Waals surface area contributed by atoms with Crippen LogP contribution in [0.4, 0.5) is 0 Å². The van der Waals surface area contributed by atoms with Gasteiger partial charge < -0.3 is 22.2 Å². The number of unbranched alkanes of at least 4 members (excludes halogenated alkanes) is 1. The predicted molar refractivity (Wildman–Crippen MR) is 65.7 cm³/mol. The first kappa shape index (κ1) is 30.5. The Kier molecular flexibility index (Phi) is 53.9. The second-order valence-corrected chi connectivity index (χ2v) is 4.00. The van der Waals surface area contributed by atoms with Crippen LogP contribution < -0.4 is 15.3 Å². The van der Waals surface area contributed by atoms with Crippen molar-refractivity contribution in [1.82, 2.24) is 0 Å². The summed E-state index contributed by atoms with van der Waals surface area (Å²) in [6.07, 6.45) is 1.03. The molecule has 0 atom stereocenters. The maximum Gasteiger partial charge on any atom is 4.00 e. The quantitative estimate of drug-likeness (QED) is 0.529. The number of rotatable bonds is 1. The SMILES string of the molecule is CC(C)[O-].CC(C)[O-].CC(C)[O-].[CH2-]CCC.[Ti+4]. The average Bonchev–Trinajstić information content (AvgIpc) is 2.00. The molecular formula is C13H30O3Ti. The molecule has 0 fully saturated rings. The van der Waals surface area contributed by atoms with Gasteiger partial charge in [-0.2, -0.15) is 6.42 Å². The van der Waals surface area contributed by atoms with Gasteiger partial charge in [0.2, 0.25) is 0 Å². The standard InChI is InChI=1S/C4H9.3C3H7O.Ti/c1-3-4-2;3*1-3(2)4;/h1,3-4H2,2H3;3*3H,1-2H3;/q4*-1;+4. The third-order valence-electron chi connectivity index (χ3n) is 0.354. The first-order valence-corrected chi connectivity index (χ1v) is 5.88. The maximum atomic E-state index is 9.53. The summed E-state index contributed by atoms with van der Waals surface area (Å²) >= 11 is 0. The van der Waals surface area contributed by atoms with Crippen LogP contribution in [0.1, 0.15) is 61.3 Å². The van der Waals surface area contributed by atoms with Crippen LogP contribution in [0.3, 0.4) is 0 Å². The van der Waals surface area contributed by atoms with Crippen molar-refractivity contribution in [1.29, 1.82) is 0 Å². The van der Waals surface area contributed by atoms with Crippen molar-refractivity contribution in [2.75, 3.05) is 0 Å². The van der Waals surface area contributed by atoms with Gasteiger partial charge in [0.1, 0.15) is 0 Å². The molecule has 0 N–H and O–H groups in total. The van der Waals surface area contributed by atoms with E-state index in [9.17, 15) is 15.3 Å². The summed E-state index contributed by atoms with van der Waals surface area (Å²) in [5.74, 6) is 0. The van der Waals surface area contributed by atoms with Crippen molar-refractivity contribution in [3.8, 4) is 0 Å². The van der Waals surface area contributed by atoms with E-state index in [1.54, 1.807) is 41.5 Å². The van der Waals surface area contributed by atoms with Crippen LogP contribution in [0.2, 0.25) is 0 Å². The molecule has 0 rings (SSSR count). The van der Waals surface area contributed by atoms with Gasteiger partial charge in [-0.15, -0.1) is 18.3 Å². The molecule has 0 aromatic carbocycles. The van der Waals surface area contributed by atoms with E-state index in [4.69, 9.17) is 0 Å². The maximum absolute atomic E-state index is 9.53. The van der Waals surface area contributed by atoms with Crippen LogP contribution in [-0.4, -0.2) is 18.3 Å². The molecule has 0 aromatic heterocycles. The van der Waals surface area contributed by atoms with Gasteiger partial charge in [0.05, 0.1) is 0 Å². The molecule has 0 saturated heterocycles. The zero-order valence-electron chi connectivity index (χ0n) is 12.6. The molecule has 0 unspecified atom stereocenters. The first-order valence-electron chi connectivity index (χ1n) is 5.88. The molecule has 3 nitrogen and oxygen atoms in total. The topological polar surface area (TPSA) is 69.2 Å². The zero-order valence-corrected chi connectivity index (χ0v) is 14.1. The molecule has 0 bridgehead atoms. The Hall–Kier alpha value is 0.594. The van der Waals surface area contributed by atoms with Crippen LogP contribution in [0, 0.1) is 6.92 Å². The Morgan fingerprint density at radius 3 is 0.824 bits per heavy atom. The summed E-state index contributed by atoms with van der Waals surface area (Å²) < 4.78 is 0. The third-order valence-corrected chi connectivity index (χ3v) is 0.354. The van der Waals surface area contributed by atoms with Gasteiger partial charge in [0.25, 0.3) is 0 Å². The molecule has 104 valence electrons. The molecule has 4 heteroatoms. The van der Waals surface area contributed by atoms with E-state index in [0.717, 1.165) is 6.42 Å². The van der Waals surface area contributed by atoms with Crippen LogP contribution in [0.25, 0.3) is 0 Å². The minimum Gasteiger partial charge on any atom is -0.852 e. The predicted octanol–water partition coefficient (Wildman–Crippen LogP) is 0.883. The monoisotopic (exact) mass is 282 g/mol. The minimum absolute atomic E-state index is 0. The van der Waals surface area contributed by atoms with Crippen LogP contribution in [0.15, 0.2) is 0 Å². The zero-order chi connectivity index (χ0) is 14.1. The molecule has 0 aliphatic heterocycles. The van der Waals surface area contributed by atoms with Gasteiger partial charge >= 0.3 is 21.7 Å². The third kappa shape index (κ3) is 1390. The van der Waals surface area contributed by atoms with Gasteiger partial charge in [0.15, 0.2) is 0 Å². The summed E-state index contributed by atoms with van der Waals surface area (Å²) in [4.78, 5) is 0. The molecule has 0 aromatic rings. The molecule has 0 aliphatic carbocycles. The van der Waals surface area contributed by atoms with E-state index < -0.39 is 18.3 Å². The van der Waals surface area contributed by atoms with Crippen LogP contribution in [0.5, 0.6) is 0 Å². The Bertz CT molecular complexity index is 62.2. The molecule has 0 radical (unpaired) electrons. The normalized spacial score (nSPS) is 8.12. The summed E-state index contributed by atoms with van der Waals surface area (Å²) in [7, 11) is 0. The fourth-order valence-corrected chi connectivity index (χ4v) is 0. The second kappa shape index (κ2) is 30.0. The van der Waals surface area contributed by atoms with E-state index in [-0.39, 0.29) is 21.7 Å². The van der Waals surface area contributed by atoms with E-state index in [1.165, 1.54) is 6.42 Å². The van der Waals surface area contributed by atoms with E-state index in [0.29, 0.717) is 0 Å². The molecular weight excluding hydrogens is 252 g/mol. The molecule has 0 aliphatic rings. The Morgan fingerprint density at radius 1 is 0.765 bits per heavy atom. The summed E-state index contributed by atoms with van der Waals surface area (Å²) in [5, 5.41) is 28.6. The number of hydrogen-bond acceptors (Lipinski definition) is 3.